The van der Waals surface area contributed by atoms with Gasteiger partial charge in [0.1, 0.15) is 23.0 Å². The number of amidine groups is 1. The largest absolute Gasteiger partial charge is 0.456 e. The van der Waals surface area contributed by atoms with Crippen LogP contribution < -0.4 is 10.5 Å². The Hall–Kier alpha value is -2.36. The SMILES string of the molecule is N=C(N)c1ccc(Oc2ccccc2)cn1. The van der Waals surface area contributed by atoms with E-state index in [1.54, 1.807) is 18.3 Å². The van der Waals surface area contributed by atoms with Gasteiger partial charge >= 0.3 is 0 Å². The van der Waals surface area contributed by atoms with Crippen molar-refractivity contribution in [2.24, 2.45) is 5.73 Å². The van der Waals surface area contributed by atoms with E-state index in [4.69, 9.17) is 15.9 Å². The molecule has 0 radical (unpaired) electrons. The first kappa shape index (κ1) is 10.2. The summed E-state index contributed by atoms with van der Waals surface area (Å²) in [5.41, 5.74) is 5.74. The van der Waals surface area contributed by atoms with Gasteiger partial charge in [0.15, 0.2) is 0 Å². The van der Waals surface area contributed by atoms with Crippen LogP contribution in [0, 0.1) is 5.41 Å². The van der Waals surface area contributed by atoms with E-state index in [0.717, 1.165) is 5.75 Å². The standard InChI is InChI=1S/C12H11N3O/c13-12(14)11-7-6-10(8-15-11)16-9-4-2-1-3-5-9/h1-8H,(H3,13,14). The van der Waals surface area contributed by atoms with Crippen molar-refractivity contribution in [2.75, 3.05) is 0 Å². The highest BCUT2D eigenvalue weighted by molar-refractivity contribution is 5.92. The fourth-order valence-electron chi connectivity index (χ4n) is 1.22. The number of benzene rings is 1. The van der Waals surface area contributed by atoms with Crippen LogP contribution in [0.1, 0.15) is 5.69 Å². The maximum Gasteiger partial charge on any atom is 0.145 e. The molecule has 0 saturated heterocycles. The van der Waals surface area contributed by atoms with E-state index >= 15 is 0 Å². The van der Waals surface area contributed by atoms with Crippen LogP contribution in [0.4, 0.5) is 0 Å². The molecule has 0 spiro atoms. The first-order valence-corrected chi connectivity index (χ1v) is 4.79. The summed E-state index contributed by atoms with van der Waals surface area (Å²) in [4.78, 5) is 4.00. The summed E-state index contributed by atoms with van der Waals surface area (Å²) >= 11 is 0. The molecule has 0 atom stereocenters. The molecule has 16 heavy (non-hydrogen) atoms. The molecule has 1 aromatic heterocycles. The van der Waals surface area contributed by atoms with Crippen LogP contribution >= 0.6 is 0 Å². The van der Waals surface area contributed by atoms with Crippen LogP contribution in [0.25, 0.3) is 0 Å². The summed E-state index contributed by atoms with van der Waals surface area (Å²) in [5.74, 6) is 1.32. The Morgan fingerprint density at radius 2 is 1.81 bits per heavy atom. The monoisotopic (exact) mass is 213 g/mol. The molecule has 4 nitrogen and oxygen atoms in total. The van der Waals surface area contributed by atoms with Crippen LogP contribution in [0.2, 0.25) is 0 Å². The van der Waals surface area contributed by atoms with Crippen molar-refractivity contribution in [3.63, 3.8) is 0 Å². The number of hydrogen-bond acceptors (Lipinski definition) is 3. The van der Waals surface area contributed by atoms with E-state index < -0.39 is 0 Å². The third kappa shape index (κ3) is 2.36. The lowest BCUT2D eigenvalue weighted by atomic mass is 10.3. The predicted octanol–water partition coefficient (Wildman–Crippen LogP) is 2.16. The zero-order chi connectivity index (χ0) is 11.4. The molecule has 4 heteroatoms. The van der Waals surface area contributed by atoms with Gasteiger partial charge in [-0.2, -0.15) is 0 Å². The van der Waals surface area contributed by atoms with Crippen LogP contribution in [0.5, 0.6) is 11.5 Å². The Bertz CT molecular complexity index is 479. The molecule has 0 unspecified atom stereocenters. The lowest BCUT2D eigenvalue weighted by Gasteiger charge is -2.05. The first-order valence-electron chi connectivity index (χ1n) is 4.79. The summed E-state index contributed by atoms with van der Waals surface area (Å²) in [5, 5.41) is 7.20. The van der Waals surface area contributed by atoms with Crippen LogP contribution in [-0.2, 0) is 0 Å². The molecule has 0 aliphatic heterocycles. The second-order valence-electron chi connectivity index (χ2n) is 3.21. The van der Waals surface area contributed by atoms with Crippen molar-refractivity contribution in [1.29, 1.82) is 5.41 Å². The zero-order valence-electron chi connectivity index (χ0n) is 8.55. The van der Waals surface area contributed by atoms with Crippen molar-refractivity contribution < 1.29 is 4.74 Å². The smallest absolute Gasteiger partial charge is 0.145 e. The predicted molar refractivity (Wildman–Crippen MR) is 61.8 cm³/mol. The number of hydrogen-bond donors (Lipinski definition) is 2. The summed E-state index contributed by atoms with van der Waals surface area (Å²) < 4.78 is 5.54. The van der Waals surface area contributed by atoms with E-state index in [-0.39, 0.29) is 5.84 Å². The Morgan fingerprint density at radius 3 is 2.38 bits per heavy atom. The number of rotatable bonds is 3. The van der Waals surface area contributed by atoms with E-state index in [9.17, 15) is 0 Å². The molecule has 0 fully saturated rings. The van der Waals surface area contributed by atoms with Gasteiger partial charge in [-0.05, 0) is 24.3 Å². The summed E-state index contributed by atoms with van der Waals surface area (Å²) in [6.07, 6.45) is 1.55. The molecule has 80 valence electrons. The second-order valence-corrected chi connectivity index (χ2v) is 3.21. The van der Waals surface area contributed by atoms with E-state index in [1.807, 2.05) is 30.3 Å². The molecule has 3 N–H and O–H groups in total. The van der Waals surface area contributed by atoms with Gasteiger partial charge in [0.2, 0.25) is 0 Å². The summed E-state index contributed by atoms with van der Waals surface area (Å²) in [6.45, 7) is 0. The highest BCUT2D eigenvalue weighted by Crippen LogP contribution is 2.19. The van der Waals surface area contributed by atoms with Gasteiger partial charge < -0.3 is 10.5 Å². The van der Waals surface area contributed by atoms with Gasteiger partial charge in [-0.25, -0.2) is 4.98 Å². The maximum atomic E-state index is 7.20. The number of nitrogens with zero attached hydrogens (tertiary/aromatic N) is 1. The first-order chi connectivity index (χ1) is 7.75. The van der Waals surface area contributed by atoms with Gasteiger partial charge in [0, 0.05) is 0 Å². The van der Waals surface area contributed by atoms with E-state index in [2.05, 4.69) is 4.98 Å². The Labute approximate surface area is 93.2 Å². The van der Waals surface area contributed by atoms with Crippen molar-refractivity contribution >= 4 is 5.84 Å². The minimum atomic E-state index is -0.0498. The van der Waals surface area contributed by atoms with Crippen molar-refractivity contribution in [1.82, 2.24) is 4.98 Å². The Morgan fingerprint density at radius 1 is 1.06 bits per heavy atom. The highest BCUT2D eigenvalue weighted by Gasteiger charge is 2.00. The average Bonchev–Trinajstić information content (AvgIpc) is 2.31. The third-order valence-electron chi connectivity index (χ3n) is 1.99. The number of nitrogens with one attached hydrogen (secondary N) is 1. The molecule has 0 saturated carbocycles. The molecule has 2 aromatic rings. The Kier molecular flexibility index (Phi) is 2.82. The average molecular weight is 213 g/mol. The normalized spacial score (nSPS) is 9.75. The minimum Gasteiger partial charge on any atom is -0.456 e. The Balaban J connectivity index is 2.14. The molecule has 1 heterocycles. The quantitative estimate of drug-likeness (QED) is 0.606. The fraction of sp³-hybridized carbons (Fsp3) is 0. The number of ether oxygens (including phenoxy) is 1. The van der Waals surface area contributed by atoms with E-state index in [1.165, 1.54) is 0 Å². The number of pyridine rings is 1. The molecular weight excluding hydrogens is 202 g/mol. The van der Waals surface area contributed by atoms with Crippen molar-refractivity contribution in [3.05, 3.63) is 54.4 Å². The molecule has 1 aromatic carbocycles. The second kappa shape index (κ2) is 4.44. The summed E-state index contributed by atoms with van der Waals surface area (Å²) in [6, 6.07) is 12.8. The van der Waals surface area contributed by atoms with E-state index in [0.29, 0.717) is 11.4 Å². The van der Waals surface area contributed by atoms with Gasteiger partial charge in [-0.15, -0.1) is 0 Å². The summed E-state index contributed by atoms with van der Waals surface area (Å²) in [7, 11) is 0. The van der Waals surface area contributed by atoms with Crippen molar-refractivity contribution in [3.8, 4) is 11.5 Å². The van der Waals surface area contributed by atoms with Gasteiger partial charge in [0.25, 0.3) is 0 Å². The number of para-hydroxylation sites is 1. The molecule has 0 bridgehead atoms. The molecule has 0 aliphatic carbocycles. The van der Waals surface area contributed by atoms with Crippen molar-refractivity contribution in [2.45, 2.75) is 0 Å². The zero-order valence-corrected chi connectivity index (χ0v) is 8.55. The molecular formula is C12H11N3O. The molecule has 0 amide bonds. The van der Waals surface area contributed by atoms with Gasteiger partial charge in [-0.3, -0.25) is 5.41 Å². The van der Waals surface area contributed by atoms with Crippen LogP contribution in [0.3, 0.4) is 0 Å². The lowest BCUT2D eigenvalue weighted by Crippen LogP contribution is -2.12. The topological polar surface area (TPSA) is 72.0 Å². The van der Waals surface area contributed by atoms with Gasteiger partial charge in [-0.1, -0.05) is 18.2 Å². The minimum absolute atomic E-state index is 0.0498. The number of nitrogen functional groups attached to an aromatic ring is 1. The fourth-order valence-corrected chi connectivity index (χ4v) is 1.22. The lowest BCUT2D eigenvalue weighted by molar-refractivity contribution is 0.480. The van der Waals surface area contributed by atoms with Crippen LogP contribution in [0.15, 0.2) is 48.7 Å². The highest BCUT2D eigenvalue weighted by atomic mass is 16.5. The molecule has 0 aliphatic rings. The number of nitrogens with two attached hydrogens (primary N) is 1. The third-order valence-corrected chi connectivity index (χ3v) is 1.99. The molecule has 2 rings (SSSR count). The number of aromatic nitrogens is 1. The van der Waals surface area contributed by atoms with Gasteiger partial charge in [0.05, 0.1) is 6.20 Å². The maximum absolute atomic E-state index is 7.20. The van der Waals surface area contributed by atoms with Crippen LogP contribution in [-0.4, -0.2) is 10.8 Å².